The molecule has 34 heavy (non-hydrogen) atoms. The van der Waals surface area contributed by atoms with Crippen molar-refractivity contribution in [2.24, 2.45) is 0 Å². The van der Waals surface area contributed by atoms with Gasteiger partial charge in [-0.3, -0.25) is 4.79 Å². The number of benzene rings is 4. The van der Waals surface area contributed by atoms with Crippen molar-refractivity contribution in [3.05, 3.63) is 138 Å². The molecule has 0 unspecified atom stereocenters. The van der Waals surface area contributed by atoms with Gasteiger partial charge in [-0.05, 0) is 24.3 Å². The van der Waals surface area contributed by atoms with Gasteiger partial charge in [0.05, 0.1) is 16.9 Å². The summed E-state index contributed by atoms with van der Waals surface area (Å²) in [6.45, 7) is 0. The molecule has 0 atom stereocenters. The molecule has 0 N–H and O–H groups in total. The summed E-state index contributed by atoms with van der Waals surface area (Å²) < 4.78 is 7.23. The molecule has 0 fully saturated rings. The fourth-order valence-corrected chi connectivity index (χ4v) is 3.77. The quantitative estimate of drug-likeness (QED) is 0.183. The normalized spacial score (nSPS) is 10.6. The Morgan fingerprint density at radius 1 is 0.647 bits per heavy atom. The van der Waals surface area contributed by atoms with Crippen molar-refractivity contribution >= 4 is 11.8 Å². The number of carbonyl (C=O) groups excluding carboxylic acids is 2. The van der Waals surface area contributed by atoms with Crippen molar-refractivity contribution in [2.45, 2.75) is 0 Å². The van der Waals surface area contributed by atoms with Crippen LogP contribution in [-0.2, 0) is 0 Å². The molecule has 0 saturated heterocycles. The predicted molar refractivity (Wildman–Crippen MR) is 130 cm³/mol. The van der Waals surface area contributed by atoms with Crippen molar-refractivity contribution in [1.82, 2.24) is 9.78 Å². The highest BCUT2D eigenvalue weighted by molar-refractivity contribution is 6.17. The molecule has 5 rings (SSSR count). The molecule has 0 amide bonds. The summed E-state index contributed by atoms with van der Waals surface area (Å²) in [7, 11) is 0. The molecule has 0 aliphatic rings. The highest BCUT2D eigenvalue weighted by atomic mass is 16.5. The average molecular weight is 444 g/mol. The number of carbonyl (C=O) groups is 2. The first kappa shape index (κ1) is 21.1. The van der Waals surface area contributed by atoms with Gasteiger partial charge in [0.15, 0.2) is 11.5 Å². The van der Waals surface area contributed by atoms with E-state index in [9.17, 15) is 9.59 Å². The zero-order chi connectivity index (χ0) is 23.3. The first-order chi connectivity index (χ1) is 16.7. The van der Waals surface area contributed by atoms with Crippen molar-refractivity contribution in [1.29, 1.82) is 0 Å². The lowest BCUT2D eigenvalue weighted by Gasteiger charge is -2.10. The third-order valence-electron chi connectivity index (χ3n) is 5.34. The number of aromatic nitrogens is 2. The number of hydrogen-bond donors (Lipinski definition) is 0. The lowest BCUT2D eigenvalue weighted by molar-refractivity contribution is 0.0724. The van der Waals surface area contributed by atoms with Crippen LogP contribution in [0.1, 0.15) is 26.4 Å². The molecule has 0 radical (unpaired) electrons. The van der Waals surface area contributed by atoms with Gasteiger partial charge in [0.2, 0.25) is 0 Å². The van der Waals surface area contributed by atoms with Crippen LogP contribution in [0.4, 0.5) is 0 Å². The van der Waals surface area contributed by atoms with Crippen LogP contribution in [0, 0.1) is 0 Å². The Balaban J connectivity index is 1.75. The highest BCUT2D eigenvalue weighted by Gasteiger charge is 2.31. The van der Waals surface area contributed by atoms with E-state index in [0.717, 1.165) is 11.3 Å². The van der Waals surface area contributed by atoms with Crippen LogP contribution < -0.4 is 4.74 Å². The third-order valence-corrected chi connectivity index (χ3v) is 5.34. The lowest BCUT2D eigenvalue weighted by Crippen LogP contribution is -2.15. The van der Waals surface area contributed by atoms with Crippen LogP contribution in [0.3, 0.4) is 0 Å². The highest BCUT2D eigenvalue weighted by Crippen LogP contribution is 2.32. The molecule has 0 bridgehead atoms. The Kier molecular flexibility index (Phi) is 5.82. The van der Waals surface area contributed by atoms with Gasteiger partial charge >= 0.3 is 5.97 Å². The minimum absolute atomic E-state index is 0.0413. The van der Waals surface area contributed by atoms with Crippen LogP contribution in [0.25, 0.3) is 16.9 Å². The molecule has 0 aliphatic carbocycles. The van der Waals surface area contributed by atoms with Crippen molar-refractivity contribution in [3.8, 4) is 22.7 Å². The largest absolute Gasteiger partial charge is 0.422 e. The molecule has 0 aliphatic heterocycles. The van der Waals surface area contributed by atoms with Gasteiger partial charge in [0.25, 0.3) is 0 Å². The van der Waals surface area contributed by atoms with Crippen molar-refractivity contribution in [3.63, 3.8) is 0 Å². The smallest absolute Gasteiger partial charge is 0.365 e. The monoisotopic (exact) mass is 444 g/mol. The fourth-order valence-electron chi connectivity index (χ4n) is 3.77. The maximum absolute atomic E-state index is 13.8. The molecule has 164 valence electrons. The first-order valence-corrected chi connectivity index (χ1v) is 10.8. The van der Waals surface area contributed by atoms with Crippen LogP contribution >= 0.6 is 0 Å². The van der Waals surface area contributed by atoms with E-state index in [1.807, 2.05) is 72.8 Å². The number of para-hydroxylation sites is 2. The number of ketones is 1. The standard InChI is InChI=1S/C29H20N2O3/c32-28(22-15-7-2-8-16-22)25-26(29(33)34-24-19-11-4-12-20-24)30-31(23-17-9-3-10-18-23)27(25)21-13-5-1-6-14-21/h1-20H. The summed E-state index contributed by atoms with van der Waals surface area (Å²) in [6, 6.07) is 36.5. The van der Waals surface area contributed by atoms with E-state index >= 15 is 0 Å². The molecule has 5 aromatic rings. The van der Waals surface area contributed by atoms with Gasteiger partial charge in [-0.1, -0.05) is 97.1 Å². The molecule has 5 nitrogen and oxygen atoms in total. The Morgan fingerprint density at radius 3 is 1.79 bits per heavy atom. The van der Waals surface area contributed by atoms with Crippen molar-refractivity contribution in [2.75, 3.05) is 0 Å². The fraction of sp³-hybridized carbons (Fsp3) is 0. The van der Waals surface area contributed by atoms with Gasteiger partial charge in [-0.25, -0.2) is 9.48 Å². The van der Waals surface area contributed by atoms with Crippen LogP contribution in [0.2, 0.25) is 0 Å². The van der Waals surface area contributed by atoms with E-state index in [0.29, 0.717) is 17.0 Å². The second-order valence-corrected chi connectivity index (χ2v) is 7.58. The molecule has 0 spiro atoms. The van der Waals surface area contributed by atoms with E-state index in [2.05, 4.69) is 5.10 Å². The molecular formula is C29H20N2O3. The number of ether oxygens (including phenoxy) is 1. The third kappa shape index (κ3) is 4.14. The topological polar surface area (TPSA) is 61.2 Å². The molecule has 1 heterocycles. The van der Waals surface area contributed by atoms with E-state index in [1.54, 1.807) is 53.2 Å². The lowest BCUT2D eigenvalue weighted by atomic mass is 9.97. The van der Waals surface area contributed by atoms with Gasteiger partial charge < -0.3 is 4.74 Å². The molecular weight excluding hydrogens is 424 g/mol. The summed E-state index contributed by atoms with van der Waals surface area (Å²) in [4.78, 5) is 27.2. The minimum atomic E-state index is -0.697. The maximum atomic E-state index is 13.8. The van der Waals surface area contributed by atoms with Gasteiger partial charge in [0, 0.05) is 11.1 Å². The Morgan fingerprint density at radius 2 is 1.18 bits per heavy atom. The number of rotatable bonds is 6. The summed E-state index contributed by atoms with van der Waals surface area (Å²) in [5, 5.41) is 4.62. The van der Waals surface area contributed by atoms with Crippen LogP contribution in [0.5, 0.6) is 5.75 Å². The number of nitrogens with zero attached hydrogens (tertiary/aromatic N) is 2. The average Bonchev–Trinajstić information content (AvgIpc) is 3.31. The van der Waals surface area contributed by atoms with Crippen LogP contribution in [0.15, 0.2) is 121 Å². The van der Waals surface area contributed by atoms with Gasteiger partial charge in [0.1, 0.15) is 5.75 Å². The van der Waals surface area contributed by atoms with Crippen LogP contribution in [-0.4, -0.2) is 21.5 Å². The summed E-state index contributed by atoms with van der Waals surface area (Å²) >= 11 is 0. The molecule has 4 aromatic carbocycles. The maximum Gasteiger partial charge on any atom is 0.365 e. The van der Waals surface area contributed by atoms with E-state index in [-0.39, 0.29) is 17.0 Å². The van der Waals surface area contributed by atoms with Crippen molar-refractivity contribution < 1.29 is 14.3 Å². The zero-order valence-electron chi connectivity index (χ0n) is 18.2. The van der Waals surface area contributed by atoms with Gasteiger partial charge in [-0.2, -0.15) is 5.10 Å². The Hall–Kier alpha value is -4.77. The number of esters is 1. The second kappa shape index (κ2) is 9.38. The van der Waals surface area contributed by atoms with E-state index in [1.165, 1.54) is 0 Å². The summed E-state index contributed by atoms with van der Waals surface area (Å²) in [5.74, 6) is -0.625. The second-order valence-electron chi connectivity index (χ2n) is 7.58. The summed E-state index contributed by atoms with van der Waals surface area (Å²) in [5.41, 5.74) is 2.63. The SMILES string of the molecule is O=C(Oc1ccccc1)c1nn(-c2ccccc2)c(-c2ccccc2)c1C(=O)c1ccccc1. The molecule has 1 aromatic heterocycles. The van der Waals surface area contributed by atoms with E-state index < -0.39 is 5.97 Å². The minimum Gasteiger partial charge on any atom is -0.422 e. The van der Waals surface area contributed by atoms with Gasteiger partial charge in [-0.15, -0.1) is 0 Å². The number of hydrogen-bond acceptors (Lipinski definition) is 4. The van der Waals surface area contributed by atoms with E-state index in [4.69, 9.17) is 4.74 Å². The molecule has 5 heteroatoms. The predicted octanol–water partition coefficient (Wildman–Crippen LogP) is 5.99. The Labute approximate surface area is 196 Å². The Bertz CT molecular complexity index is 1430. The zero-order valence-corrected chi connectivity index (χ0v) is 18.2. The molecule has 0 saturated carbocycles. The summed E-state index contributed by atoms with van der Waals surface area (Å²) in [6.07, 6.45) is 0. The first-order valence-electron chi connectivity index (χ1n) is 10.8.